The first-order valence-corrected chi connectivity index (χ1v) is 9.36. The Morgan fingerprint density at radius 2 is 1.83 bits per heavy atom. The van der Waals surface area contributed by atoms with Gasteiger partial charge in [-0.15, -0.1) is 0 Å². The zero-order valence-corrected chi connectivity index (χ0v) is 15.5. The van der Waals surface area contributed by atoms with Gasteiger partial charge in [-0.1, -0.05) is 46.5 Å². The average Bonchev–Trinajstić information content (AvgIpc) is 2.98. The zero-order valence-electron chi connectivity index (χ0n) is 15.5. The number of hydrogen-bond acceptors (Lipinski definition) is 3. The lowest BCUT2D eigenvalue weighted by Crippen LogP contribution is -2.45. The molecule has 1 aliphatic rings. The second-order valence-corrected chi connectivity index (χ2v) is 7.60. The van der Waals surface area contributed by atoms with Crippen molar-refractivity contribution >= 4 is 17.7 Å². The van der Waals surface area contributed by atoms with Crippen molar-refractivity contribution in [2.24, 2.45) is 5.41 Å². The number of carbonyl (C=O) groups excluding carboxylic acids is 2. The molecule has 0 aromatic rings. The first-order chi connectivity index (χ1) is 11.3. The Balaban J connectivity index is 2.54. The Labute approximate surface area is 145 Å². The largest absolute Gasteiger partial charge is 0.481 e. The number of nitrogens with zero attached hydrogens (tertiary/aromatic N) is 1. The van der Waals surface area contributed by atoms with Crippen molar-refractivity contribution in [1.29, 1.82) is 0 Å². The van der Waals surface area contributed by atoms with E-state index in [1.54, 1.807) is 4.90 Å². The number of aliphatic carboxylic acids is 1. The molecule has 5 heteroatoms. The Morgan fingerprint density at radius 1 is 1.12 bits per heavy atom. The lowest BCUT2D eigenvalue weighted by Gasteiger charge is -2.29. The average molecular weight is 339 g/mol. The smallest absolute Gasteiger partial charge is 0.303 e. The van der Waals surface area contributed by atoms with Crippen LogP contribution in [-0.4, -0.2) is 40.3 Å². The molecule has 0 bridgehead atoms. The maximum atomic E-state index is 12.7. The molecule has 0 aromatic carbocycles. The van der Waals surface area contributed by atoms with Gasteiger partial charge in [0.05, 0.1) is 0 Å². The molecule has 0 saturated carbocycles. The quantitative estimate of drug-likeness (QED) is 0.459. The third-order valence-corrected chi connectivity index (χ3v) is 5.03. The molecule has 1 unspecified atom stereocenters. The van der Waals surface area contributed by atoms with E-state index in [0.717, 1.165) is 51.4 Å². The summed E-state index contributed by atoms with van der Waals surface area (Å²) in [6, 6.07) is 0.0988. The van der Waals surface area contributed by atoms with Crippen molar-refractivity contribution in [3.8, 4) is 0 Å². The summed E-state index contributed by atoms with van der Waals surface area (Å²) in [5.41, 5.74) is -0.595. The van der Waals surface area contributed by atoms with Crippen molar-refractivity contribution in [2.75, 3.05) is 6.54 Å². The molecule has 0 radical (unpaired) electrons. The lowest BCUT2D eigenvalue weighted by atomic mass is 9.82. The van der Waals surface area contributed by atoms with Crippen molar-refractivity contribution in [3.63, 3.8) is 0 Å². The molecular weight excluding hydrogens is 306 g/mol. The van der Waals surface area contributed by atoms with Gasteiger partial charge in [0.1, 0.15) is 0 Å². The first kappa shape index (κ1) is 20.7. The summed E-state index contributed by atoms with van der Waals surface area (Å²) in [6.07, 6.45) is 8.14. The molecule has 0 aromatic heterocycles. The highest BCUT2D eigenvalue weighted by atomic mass is 16.4. The fourth-order valence-corrected chi connectivity index (χ4v) is 3.41. The third-order valence-electron chi connectivity index (χ3n) is 5.03. The van der Waals surface area contributed by atoms with Gasteiger partial charge in [0, 0.05) is 24.4 Å². The van der Waals surface area contributed by atoms with Crippen LogP contribution in [0.1, 0.15) is 85.0 Å². The fourth-order valence-electron chi connectivity index (χ4n) is 3.41. The summed E-state index contributed by atoms with van der Waals surface area (Å²) in [6.45, 7) is 6.53. The van der Waals surface area contributed by atoms with Crippen LogP contribution in [0.25, 0.3) is 0 Å². The van der Waals surface area contributed by atoms with Crippen LogP contribution in [0, 0.1) is 5.41 Å². The Bertz CT molecular complexity index is 445. The summed E-state index contributed by atoms with van der Waals surface area (Å²) in [5.74, 6) is -1.38. The van der Waals surface area contributed by atoms with Crippen LogP contribution in [-0.2, 0) is 14.4 Å². The molecule has 1 rings (SSSR count). The minimum Gasteiger partial charge on any atom is -0.481 e. The zero-order chi connectivity index (χ0) is 18.2. The summed E-state index contributed by atoms with van der Waals surface area (Å²) in [4.78, 5) is 37.6. The van der Waals surface area contributed by atoms with Crippen molar-refractivity contribution < 1.29 is 19.5 Å². The van der Waals surface area contributed by atoms with Gasteiger partial charge in [0.15, 0.2) is 0 Å². The van der Waals surface area contributed by atoms with Gasteiger partial charge in [-0.25, -0.2) is 0 Å². The minimum absolute atomic E-state index is 0.0988. The lowest BCUT2D eigenvalue weighted by molar-refractivity contribution is -0.150. The van der Waals surface area contributed by atoms with Gasteiger partial charge in [-0.3, -0.25) is 14.4 Å². The molecule has 1 saturated heterocycles. The number of carbonyl (C=O) groups is 3. The maximum Gasteiger partial charge on any atom is 0.303 e. The molecule has 24 heavy (non-hydrogen) atoms. The number of unbranched alkanes of at least 4 members (excludes halogenated alkanes) is 3. The predicted molar refractivity (Wildman–Crippen MR) is 93.8 cm³/mol. The Morgan fingerprint density at radius 3 is 2.46 bits per heavy atom. The number of likely N-dealkylation sites (tertiary alicyclic amines) is 1. The van der Waals surface area contributed by atoms with E-state index in [1.807, 2.05) is 13.8 Å². The number of carboxylic acids is 1. The minimum atomic E-state index is -0.779. The third kappa shape index (κ3) is 6.25. The van der Waals surface area contributed by atoms with Crippen LogP contribution < -0.4 is 0 Å². The summed E-state index contributed by atoms with van der Waals surface area (Å²) < 4.78 is 0. The van der Waals surface area contributed by atoms with E-state index < -0.39 is 11.4 Å². The molecular formula is C19H33NO4. The van der Waals surface area contributed by atoms with E-state index in [1.165, 1.54) is 0 Å². The van der Waals surface area contributed by atoms with E-state index in [9.17, 15) is 14.4 Å². The van der Waals surface area contributed by atoms with Crippen molar-refractivity contribution in [3.05, 3.63) is 0 Å². The van der Waals surface area contributed by atoms with E-state index in [2.05, 4.69) is 6.92 Å². The Hall–Kier alpha value is -1.39. The highest BCUT2D eigenvalue weighted by Gasteiger charge is 2.38. The van der Waals surface area contributed by atoms with E-state index in [0.29, 0.717) is 13.0 Å². The normalized spacial score (nSPS) is 18.0. The van der Waals surface area contributed by atoms with Gasteiger partial charge < -0.3 is 10.0 Å². The second-order valence-electron chi connectivity index (χ2n) is 7.60. The standard InChI is InChI=1S/C19H33NO4/c1-4-5-8-13-19(2,3)17(23)18(24)20-14-9-11-15(20)10-6-7-12-16(21)22/h15H,4-14H2,1-3H3,(H,21,22). The fraction of sp³-hybridized carbons (Fsp3) is 0.842. The van der Waals surface area contributed by atoms with Crippen molar-refractivity contribution in [1.82, 2.24) is 4.90 Å². The highest BCUT2D eigenvalue weighted by molar-refractivity contribution is 6.38. The number of carboxylic acid groups (broad SMARTS) is 1. The molecule has 1 fully saturated rings. The van der Waals surface area contributed by atoms with E-state index >= 15 is 0 Å². The van der Waals surface area contributed by atoms with Crippen LogP contribution in [0.3, 0.4) is 0 Å². The molecule has 1 amide bonds. The Kier molecular flexibility index (Phi) is 8.43. The monoisotopic (exact) mass is 339 g/mol. The number of Topliss-reactive ketones (excluding diaryl/α,β-unsaturated/α-hetero) is 1. The molecule has 1 atom stereocenters. The van der Waals surface area contributed by atoms with Gasteiger partial charge in [0.2, 0.25) is 5.78 Å². The SMILES string of the molecule is CCCCCC(C)(C)C(=O)C(=O)N1CCCC1CCCCC(=O)O. The number of ketones is 1. The maximum absolute atomic E-state index is 12.7. The molecule has 1 aliphatic heterocycles. The number of amides is 1. The van der Waals surface area contributed by atoms with Crippen LogP contribution in [0.5, 0.6) is 0 Å². The van der Waals surface area contributed by atoms with Crippen LogP contribution in [0.2, 0.25) is 0 Å². The molecule has 138 valence electrons. The predicted octanol–water partition coefficient (Wildman–Crippen LogP) is 3.80. The van der Waals surface area contributed by atoms with E-state index in [-0.39, 0.29) is 24.2 Å². The topological polar surface area (TPSA) is 74.7 Å². The summed E-state index contributed by atoms with van der Waals surface area (Å²) >= 11 is 0. The van der Waals surface area contributed by atoms with Crippen LogP contribution >= 0.6 is 0 Å². The van der Waals surface area contributed by atoms with Gasteiger partial charge in [-0.2, -0.15) is 0 Å². The molecule has 0 aliphatic carbocycles. The number of rotatable bonds is 11. The highest BCUT2D eigenvalue weighted by Crippen LogP contribution is 2.29. The summed E-state index contributed by atoms with van der Waals surface area (Å²) in [7, 11) is 0. The molecule has 0 spiro atoms. The molecule has 1 N–H and O–H groups in total. The first-order valence-electron chi connectivity index (χ1n) is 9.36. The molecule has 5 nitrogen and oxygen atoms in total. The molecule has 1 heterocycles. The number of hydrogen-bond donors (Lipinski definition) is 1. The summed E-state index contributed by atoms with van der Waals surface area (Å²) in [5, 5.41) is 8.69. The van der Waals surface area contributed by atoms with Gasteiger partial charge >= 0.3 is 5.97 Å². The van der Waals surface area contributed by atoms with Crippen LogP contribution in [0.4, 0.5) is 0 Å². The van der Waals surface area contributed by atoms with Gasteiger partial charge in [-0.05, 0) is 32.1 Å². The van der Waals surface area contributed by atoms with Crippen molar-refractivity contribution in [2.45, 2.75) is 91.0 Å². The van der Waals surface area contributed by atoms with Gasteiger partial charge in [0.25, 0.3) is 5.91 Å². The van der Waals surface area contributed by atoms with E-state index in [4.69, 9.17) is 5.11 Å². The van der Waals surface area contributed by atoms with Crippen LogP contribution in [0.15, 0.2) is 0 Å². The second kappa shape index (κ2) is 9.80.